The first kappa shape index (κ1) is 11.9. The van der Waals surface area contributed by atoms with Gasteiger partial charge >= 0.3 is 0 Å². The Morgan fingerprint density at radius 3 is 2.94 bits per heavy atom. The molecule has 1 atom stereocenters. The second kappa shape index (κ2) is 5.20. The van der Waals surface area contributed by atoms with Gasteiger partial charge in [0, 0.05) is 18.5 Å². The van der Waals surface area contributed by atoms with Crippen molar-refractivity contribution in [1.29, 1.82) is 0 Å². The SMILES string of the molecule is Cc1ccc(C)c(CN2CCCC(Cl)C2)c1. The van der Waals surface area contributed by atoms with E-state index in [4.69, 9.17) is 11.6 Å². The molecule has 2 rings (SSSR count). The molecule has 0 N–H and O–H groups in total. The van der Waals surface area contributed by atoms with E-state index < -0.39 is 0 Å². The molecule has 0 spiro atoms. The minimum atomic E-state index is 0.346. The highest BCUT2D eigenvalue weighted by Crippen LogP contribution is 2.19. The average Bonchev–Trinajstić information content (AvgIpc) is 2.24. The molecule has 1 saturated heterocycles. The van der Waals surface area contributed by atoms with Crippen molar-refractivity contribution in [3.63, 3.8) is 0 Å². The summed E-state index contributed by atoms with van der Waals surface area (Å²) in [5, 5.41) is 0.346. The number of rotatable bonds is 2. The molecule has 1 aromatic carbocycles. The summed E-state index contributed by atoms with van der Waals surface area (Å²) in [6, 6.07) is 6.69. The van der Waals surface area contributed by atoms with Crippen LogP contribution >= 0.6 is 11.6 Å². The van der Waals surface area contributed by atoms with Gasteiger partial charge in [0.15, 0.2) is 0 Å². The summed E-state index contributed by atoms with van der Waals surface area (Å²) >= 11 is 6.21. The standard InChI is InChI=1S/C14H20ClN/c1-11-5-6-12(2)13(8-11)9-16-7-3-4-14(15)10-16/h5-6,8,14H,3-4,7,9-10H2,1-2H3. The van der Waals surface area contributed by atoms with Gasteiger partial charge in [-0.25, -0.2) is 0 Å². The van der Waals surface area contributed by atoms with Gasteiger partial charge in [-0.3, -0.25) is 4.90 Å². The third kappa shape index (κ3) is 2.99. The Kier molecular flexibility index (Phi) is 3.88. The summed E-state index contributed by atoms with van der Waals surface area (Å²) < 4.78 is 0. The predicted octanol–water partition coefficient (Wildman–Crippen LogP) is 3.51. The van der Waals surface area contributed by atoms with E-state index in [1.807, 2.05) is 0 Å². The highest BCUT2D eigenvalue weighted by atomic mass is 35.5. The van der Waals surface area contributed by atoms with Gasteiger partial charge < -0.3 is 0 Å². The lowest BCUT2D eigenvalue weighted by atomic mass is 10.0. The van der Waals surface area contributed by atoms with Gasteiger partial charge in [-0.15, -0.1) is 11.6 Å². The number of piperidine rings is 1. The maximum Gasteiger partial charge on any atom is 0.0463 e. The summed E-state index contributed by atoms with van der Waals surface area (Å²) in [6.07, 6.45) is 2.41. The number of likely N-dealkylation sites (tertiary alicyclic amines) is 1. The molecule has 0 amide bonds. The second-order valence-corrected chi connectivity index (χ2v) is 5.52. The Balaban J connectivity index is 2.05. The normalized spacial score (nSPS) is 22.3. The zero-order valence-corrected chi connectivity index (χ0v) is 10.9. The molecule has 1 nitrogen and oxygen atoms in total. The molecule has 1 unspecified atom stereocenters. The number of nitrogens with zero attached hydrogens (tertiary/aromatic N) is 1. The van der Waals surface area contributed by atoms with Crippen LogP contribution in [0.25, 0.3) is 0 Å². The maximum atomic E-state index is 6.21. The molecule has 1 heterocycles. The predicted molar refractivity (Wildman–Crippen MR) is 70.1 cm³/mol. The molecule has 2 heteroatoms. The molecule has 0 aliphatic carbocycles. The molecule has 1 aromatic rings. The van der Waals surface area contributed by atoms with Crippen LogP contribution in [-0.2, 0) is 6.54 Å². The topological polar surface area (TPSA) is 3.24 Å². The van der Waals surface area contributed by atoms with Crippen LogP contribution in [-0.4, -0.2) is 23.4 Å². The van der Waals surface area contributed by atoms with Crippen LogP contribution in [0.1, 0.15) is 29.5 Å². The summed E-state index contributed by atoms with van der Waals surface area (Å²) in [4.78, 5) is 2.48. The van der Waals surface area contributed by atoms with E-state index in [-0.39, 0.29) is 0 Å². The zero-order chi connectivity index (χ0) is 11.5. The van der Waals surface area contributed by atoms with Crippen LogP contribution in [0, 0.1) is 13.8 Å². The van der Waals surface area contributed by atoms with Crippen molar-refractivity contribution in [3.8, 4) is 0 Å². The van der Waals surface area contributed by atoms with Crippen molar-refractivity contribution in [1.82, 2.24) is 4.90 Å². The highest BCUT2D eigenvalue weighted by molar-refractivity contribution is 6.20. The van der Waals surface area contributed by atoms with E-state index in [0.29, 0.717) is 5.38 Å². The third-order valence-corrected chi connectivity index (χ3v) is 3.70. The lowest BCUT2D eigenvalue weighted by Crippen LogP contribution is -2.35. The molecule has 1 aliphatic heterocycles. The zero-order valence-electron chi connectivity index (χ0n) is 10.2. The first-order chi connectivity index (χ1) is 7.65. The molecular weight excluding hydrogens is 218 g/mol. The highest BCUT2D eigenvalue weighted by Gasteiger charge is 2.18. The van der Waals surface area contributed by atoms with Gasteiger partial charge in [0.2, 0.25) is 0 Å². The Morgan fingerprint density at radius 1 is 1.38 bits per heavy atom. The summed E-state index contributed by atoms with van der Waals surface area (Å²) in [6.45, 7) is 7.63. The lowest BCUT2D eigenvalue weighted by Gasteiger charge is -2.30. The van der Waals surface area contributed by atoms with Crippen molar-refractivity contribution >= 4 is 11.6 Å². The van der Waals surface area contributed by atoms with E-state index in [2.05, 4.69) is 36.9 Å². The molecular formula is C14H20ClN. The molecule has 88 valence electrons. The van der Waals surface area contributed by atoms with Crippen LogP contribution in [0.3, 0.4) is 0 Å². The third-order valence-electron chi connectivity index (χ3n) is 3.35. The Morgan fingerprint density at radius 2 is 2.19 bits per heavy atom. The maximum absolute atomic E-state index is 6.21. The molecule has 1 aliphatic rings. The fraction of sp³-hybridized carbons (Fsp3) is 0.571. The molecule has 0 radical (unpaired) electrons. The number of alkyl halides is 1. The monoisotopic (exact) mass is 237 g/mol. The first-order valence-corrected chi connectivity index (χ1v) is 6.51. The number of halogens is 1. The van der Waals surface area contributed by atoms with Gasteiger partial charge in [0.25, 0.3) is 0 Å². The Hall–Kier alpha value is -0.530. The van der Waals surface area contributed by atoms with E-state index in [0.717, 1.165) is 13.1 Å². The number of aryl methyl sites for hydroxylation is 2. The molecule has 0 saturated carbocycles. The van der Waals surface area contributed by atoms with E-state index in [1.165, 1.54) is 36.1 Å². The first-order valence-electron chi connectivity index (χ1n) is 6.07. The van der Waals surface area contributed by atoms with Crippen LogP contribution in [0.5, 0.6) is 0 Å². The van der Waals surface area contributed by atoms with Crippen LogP contribution < -0.4 is 0 Å². The largest absolute Gasteiger partial charge is 0.298 e. The van der Waals surface area contributed by atoms with E-state index in [9.17, 15) is 0 Å². The quantitative estimate of drug-likeness (QED) is 0.712. The van der Waals surface area contributed by atoms with E-state index in [1.54, 1.807) is 0 Å². The minimum Gasteiger partial charge on any atom is -0.298 e. The van der Waals surface area contributed by atoms with Crippen molar-refractivity contribution in [2.45, 2.75) is 38.6 Å². The number of benzene rings is 1. The lowest BCUT2D eigenvalue weighted by molar-refractivity contribution is 0.223. The van der Waals surface area contributed by atoms with Crippen LogP contribution in [0.2, 0.25) is 0 Å². The van der Waals surface area contributed by atoms with Gasteiger partial charge in [0.05, 0.1) is 0 Å². The smallest absolute Gasteiger partial charge is 0.0463 e. The number of hydrogen-bond acceptors (Lipinski definition) is 1. The molecule has 0 bridgehead atoms. The summed E-state index contributed by atoms with van der Waals surface area (Å²) in [5.41, 5.74) is 4.19. The van der Waals surface area contributed by atoms with Crippen molar-refractivity contribution in [3.05, 3.63) is 34.9 Å². The van der Waals surface area contributed by atoms with Gasteiger partial charge in [0.1, 0.15) is 0 Å². The van der Waals surface area contributed by atoms with Crippen molar-refractivity contribution in [2.75, 3.05) is 13.1 Å². The van der Waals surface area contributed by atoms with Gasteiger partial charge in [-0.05, 0) is 44.4 Å². The van der Waals surface area contributed by atoms with Crippen LogP contribution in [0.15, 0.2) is 18.2 Å². The summed E-state index contributed by atoms with van der Waals surface area (Å²) in [5.74, 6) is 0. The average molecular weight is 238 g/mol. The number of hydrogen-bond donors (Lipinski definition) is 0. The fourth-order valence-electron chi connectivity index (χ4n) is 2.35. The Bertz CT molecular complexity index is 362. The fourth-order valence-corrected chi connectivity index (χ4v) is 2.70. The van der Waals surface area contributed by atoms with Crippen molar-refractivity contribution < 1.29 is 0 Å². The summed E-state index contributed by atoms with van der Waals surface area (Å²) in [7, 11) is 0. The minimum absolute atomic E-state index is 0.346. The van der Waals surface area contributed by atoms with Gasteiger partial charge in [-0.1, -0.05) is 23.8 Å². The molecule has 16 heavy (non-hydrogen) atoms. The molecule has 1 fully saturated rings. The molecule has 0 aromatic heterocycles. The Labute approximate surface area is 103 Å². The van der Waals surface area contributed by atoms with E-state index >= 15 is 0 Å². The van der Waals surface area contributed by atoms with Crippen molar-refractivity contribution in [2.24, 2.45) is 0 Å². The second-order valence-electron chi connectivity index (χ2n) is 4.90. The van der Waals surface area contributed by atoms with Crippen LogP contribution in [0.4, 0.5) is 0 Å². The van der Waals surface area contributed by atoms with Gasteiger partial charge in [-0.2, -0.15) is 0 Å².